The van der Waals surface area contributed by atoms with Crippen molar-refractivity contribution in [3.63, 3.8) is 0 Å². The van der Waals surface area contributed by atoms with E-state index in [1.807, 2.05) is 0 Å². The van der Waals surface area contributed by atoms with Crippen molar-refractivity contribution in [3.05, 3.63) is 35.4 Å². The Hall–Kier alpha value is -0.820. The topological polar surface area (TPSA) is 9.23 Å². The molecule has 0 aliphatic rings. The molecule has 0 radical (unpaired) electrons. The highest BCUT2D eigenvalue weighted by Gasteiger charge is 2.09. The van der Waals surface area contributed by atoms with Crippen LogP contribution in [-0.2, 0) is 11.2 Å². The fraction of sp³-hybridized carbons (Fsp3) is 0.625. The van der Waals surface area contributed by atoms with Crippen LogP contribution < -0.4 is 0 Å². The predicted molar refractivity (Wildman–Crippen MR) is 74.2 cm³/mol. The predicted octanol–water partition coefficient (Wildman–Crippen LogP) is 4.76. The molecule has 0 aliphatic heterocycles. The lowest BCUT2D eigenvalue weighted by Crippen LogP contribution is -2.10. The molecule has 0 bridgehead atoms. The van der Waals surface area contributed by atoms with E-state index in [-0.39, 0.29) is 6.10 Å². The Morgan fingerprint density at radius 2 is 1.59 bits per heavy atom. The molecule has 1 aromatic carbocycles. The van der Waals surface area contributed by atoms with E-state index < -0.39 is 0 Å². The Morgan fingerprint density at radius 3 is 2.06 bits per heavy atom. The van der Waals surface area contributed by atoms with Gasteiger partial charge in [-0.2, -0.15) is 0 Å². The summed E-state index contributed by atoms with van der Waals surface area (Å²) in [4.78, 5) is 0. The summed E-state index contributed by atoms with van der Waals surface area (Å²) in [6.45, 7) is 10.9. The van der Waals surface area contributed by atoms with Gasteiger partial charge in [0, 0.05) is 0 Å². The molecule has 0 spiro atoms. The van der Waals surface area contributed by atoms with Crippen molar-refractivity contribution >= 4 is 0 Å². The molecule has 1 rings (SSSR count). The number of benzene rings is 1. The van der Waals surface area contributed by atoms with Crippen molar-refractivity contribution in [1.82, 2.24) is 0 Å². The van der Waals surface area contributed by atoms with Gasteiger partial charge in [0.25, 0.3) is 0 Å². The summed E-state index contributed by atoms with van der Waals surface area (Å²) < 4.78 is 5.91. The minimum atomic E-state index is 0.193. The molecule has 0 unspecified atom stereocenters. The van der Waals surface area contributed by atoms with E-state index in [1.54, 1.807) is 0 Å². The maximum atomic E-state index is 5.91. The summed E-state index contributed by atoms with van der Waals surface area (Å²) in [5, 5.41) is 0. The van der Waals surface area contributed by atoms with E-state index in [9.17, 15) is 0 Å². The van der Waals surface area contributed by atoms with E-state index in [0.717, 1.165) is 18.8 Å². The molecule has 0 saturated heterocycles. The monoisotopic (exact) mass is 234 g/mol. The van der Waals surface area contributed by atoms with Crippen LogP contribution in [0.4, 0.5) is 0 Å². The fourth-order valence-electron chi connectivity index (χ4n) is 1.92. The molecule has 1 aromatic rings. The molecule has 0 aromatic heterocycles. The van der Waals surface area contributed by atoms with Crippen LogP contribution in [0.25, 0.3) is 0 Å². The number of rotatable bonds is 6. The minimum Gasteiger partial charge on any atom is -0.371 e. The van der Waals surface area contributed by atoms with Gasteiger partial charge in [0.15, 0.2) is 0 Å². The van der Waals surface area contributed by atoms with Crippen molar-refractivity contribution in [3.8, 4) is 0 Å². The van der Waals surface area contributed by atoms with Crippen LogP contribution in [-0.4, -0.2) is 6.10 Å². The van der Waals surface area contributed by atoms with E-state index >= 15 is 0 Å². The Kier molecular flexibility index (Phi) is 5.70. The van der Waals surface area contributed by atoms with E-state index in [2.05, 4.69) is 58.9 Å². The molecular weight excluding hydrogens is 208 g/mol. The second kappa shape index (κ2) is 6.80. The van der Waals surface area contributed by atoms with Crippen LogP contribution in [0, 0.1) is 5.92 Å². The van der Waals surface area contributed by atoms with Crippen molar-refractivity contribution < 1.29 is 4.74 Å². The SMILES string of the molecule is CC[C@H](C)O[C@H](C)c1ccc(CC(C)C)cc1. The summed E-state index contributed by atoms with van der Waals surface area (Å²) in [7, 11) is 0. The third-order valence-corrected chi connectivity index (χ3v) is 3.10. The highest BCUT2D eigenvalue weighted by molar-refractivity contribution is 5.24. The zero-order valence-electron chi connectivity index (χ0n) is 11.9. The molecular formula is C16H26O. The summed E-state index contributed by atoms with van der Waals surface area (Å²) in [5.41, 5.74) is 2.69. The quantitative estimate of drug-likeness (QED) is 0.689. The number of ether oxygens (including phenoxy) is 1. The molecule has 96 valence electrons. The highest BCUT2D eigenvalue weighted by Crippen LogP contribution is 2.20. The van der Waals surface area contributed by atoms with Gasteiger partial charge in [-0.15, -0.1) is 0 Å². The Bertz CT molecular complexity index is 313. The van der Waals surface area contributed by atoms with E-state index in [0.29, 0.717) is 6.10 Å². The van der Waals surface area contributed by atoms with Gasteiger partial charge in [-0.1, -0.05) is 45.0 Å². The van der Waals surface area contributed by atoms with Crippen molar-refractivity contribution in [2.75, 3.05) is 0 Å². The van der Waals surface area contributed by atoms with Gasteiger partial charge in [0.2, 0.25) is 0 Å². The average Bonchev–Trinajstić information content (AvgIpc) is 2.28. The lowest BCUT2D eigenvalue weighted by molar-refractivity contribution is 0.00547. The van der Waals surface area contributed by atoms with Gasteiger partial charge in [0.05, 0.1) is 12.2 Å². The molecule has 17 heavy (non-hydrogen) atoms. The summed E-state index contributed by atoms with van der Waals surface area (Å²) >= 11 is 0. The van der Waals surface area contributed by atoms with Gasteiger partial charge in [0.1, 0.15) is 0 Å². The van der Waals surface area contributed by atoms with E-state index in [4.69, 9.17) is 4.74 Å². The Labute approximate surface area is 106 Å². The molecule has 0 fully saturated rings. The van der Waals surface area contributed by atoms with Gasteiger partial charge in [-0.3, -0.25) is 0 Å². The Morgan fingerprint density at radius 1 is 1.00 bits per heavy atom. The van der Waals surface area contributed by atoms with Crippen LogP contribution in [0.3, 0.4) is 0 Å². The molecule has 0 amide bonds. The third kappa shape index (κ3) is 4.91. The summed E-state index contributed by atoms with van der Waals surface area (Å²) in [6.07, 6.45) is 2.75. The fourth-order valence-corrected chi connectivity index (χ4v) is 1.92. The number of hydrogen-bond donors (Lipinski definition) is 0. The van der Waals surface area contributed by atoms with Crippen molar-refractivity contribution in [2.24, 2.45) is 5.92 Å². The molecule has 2 atom stereocenters. The number of hydrogen-bond acceptors (Lipinski definition) is 1. The standard InChI is InChI=1S/C16H26O/c1-6-13(4)17-14(5)16-9-7-15(8-10-16)11-12(2)3/h7-10,12-14H,6,11H2,1-5H3/t13-,14+/m0/s1. The lowest BCUT2D eigenvalue weighted by atomic mass is 10.0. The lowest BCUT2D eigenvalue weighted by Gasteiger charge is -2.18. The molecule has 1 nitrogen and oxygen atoms in total. The van der Waals surface area contributed by atoms with Crippen LogP contribution in [0.1, 0.15) is 58.3 Å². The van der Waals surface area contributed by atoms with Gasteiger partial charge >= 0.3 is 0 Å². The first-order valence-electron chi connectivity index (χ1n) is 6.77. The molecule has 0 saturated carbocycles. The Balaban J connectivity index is 2.60. The van der Waals surface area contributed by atoms with Gasteiger partial charge in [-0.25, -0.2) is 0 Å². The van der Waals surface area contributed by atoms with Crippen molar-refractivity contribution in [2.45, 2.75) is 59.7 Å². The van der Waals surface area contributed by atoms with Gasteiger partial charge < -0.3 is 4.74 Å². The van der Waals surface area contributed by atoms with Crippen molar-refractivity contribution in [1.29, 1.82) is 0 Å². The zero-order valence-corrected chi connectivity index (χ0v) is 11.9. The minimum absolute atomic E-state index is 0.193. The van der Waals surface area contributed by atoms with E-state index in [1.165, 1.54) is 11.1 Å². The van der Waals surface area contributed by atoms with Crippen LogP contribution in [0.5, 0.6) is 0 Å². The first-order valence-corrected chi connectivity index (χ1v) is 6.77. The smallest absolute Gasteiger partial charge is 0.0800 e. The molecule has 0 aliphatic carbocycles. The summed E-state index contributed by atoms with van der Waals surface area (Å²) in [6, 6.07) is 8.85. The second-order valence-electron chi connectivity index (χ2n) is 5.34. The van der Waals surface area contributed by atoms with Crippen LogP contribution in [0.15, 0.2) is 24.3 Å². The molecule has 0 heterocycles. The average molecular weight is 234 g/mol. The van der Waals surface area contributed by atoms with Crippen LogP contribution in [0.2, 0.25) is 0 Å². The van der Waals surface area contributed by atoms with Crippen LogP contribution >= 0.6 is 0 Å². The first kappa shape index (κ1) is 14.2. The normalized spacial score (nSPS) is 14.9. The molecule has 1 heteroatoms. The second-order valence-corrected chi connectivity index (χ2v) is 5.34. The first-order chi connectivity index (χ1) is 8.02. The zero-order chi connectivity index (χ0) is 12.8. The largest absolute Gasteiger partial charge is 0.371 e. The summed E-state index contributed by atoms with van der Waals surface area (Å²) in [5.74, 6) is 0.717. The molecule has 0 N–H and O–H groups in total. The van der Waals surface area contributed by atoms with Gasteiger partial charge in [-0.05, 0) is 43.7 Å². The highest BCUT2D eigenvalue weighted by atomic mass is 16.5. The third-order valence-electron chi connectivity index (χ3n) is 3.10. The maximum Gasteiger partial charge on any atom is 0.0800 e. The maximum absolute atomic E-state index is 5.91.